The summed E-state index contributed by atoms with van der Waals surface area (Å²) in [5.41, 5.74) is 1.27. The molecule has 0 fully saturated rings. The maximum atomic E-state index is 11.8. The van der Waals surface area contributed by atoms with Gasteiger partial charge >= 0.3 is 6.03 Å². The largest absolute Gasteiger partial charge is 0.471 e. The molecule has 0 saturated heterocycles. The molecule has 0 heterocycles. The molecule has 0 bridgehead atoms. The molecule has 0 aliphatic heterocycles. The van der Waals surface area contributed by atoms with Gasteiger partial charge < -0.3 is 15.4 Å². The van der Waals surface area contributed by atoms with E-state index in [1.54, 1.807) is 31.2 Å². The number of rotatable bonds is 7. The van der Waals surface area contributed by atoms with Crippen molar-refractivity contribution in [3.05, 3.63) is 65.2 Å². The minimum atomic E-state index is -0.426. The highest BCUT2D eigenvalue weighted by Crippen LogP contribution is 2.16. The van der Waals surface area contributed by atoms with E-state index in [-0.39, 0.29) is 6.03 Å². The monoisotopic (exact) mass is 332 g/mol. The van der Waals surface area contributed by atoms with E-state index in [4.69, 9.17) is 16.3 Å². The van der Waals surface area contributed by atoms with Crippen molar-refractivity contribution in [1.29, 1.82) is 0 Å². The zero-order valence-corrected chi connectivity index (χ0v) is 13.8. The predicted octanol–water partition coefficient (Wildman–Crippen LogP) is 4.00. The molecule has 2 N–H and O–H groups in total. The molecular formula is C18H21ClN2O2. The van der Waals surface area contributed by atoms with Crippen molar-refractivity contribution in [3.63, 3.8) is 0 Å². The Morgan fingerprint density at radius 1 is 1.13 bits per heavy atom. The smallest absolute Gasteiger partial charge is 0.317 e. The van der Waals surface area contributed by atoms with E-state index in [0.29, 0.717) is 17.3 Å². The summed E-state index contributed by atoms with van der Waals surface area (Å²) in [4.78, 5) is 11.8. The Bertz CT molecular complexity index is 602. The van der Waals surface area contributed by atoms with Crippen LogP contribution in [0.5, 0.6) is 5.75 Å². The third kappa shape index (κ3) is 6.61. The third-order valence-corrected chi connectivity index (χ3v) is 3.48. The van der Waals surface area contributed by atoms with Crippen molar-refractivity contribution >= 4 is 17.6 Å². The Labute approximate surface area is 141 Å². The van der Waals surface area contributed by atoms with Crippen molar-refractivity contribution in [1.82, 2.24) is 10.6 Å². The van der Waals surface area contributed by atoms with Gasteiger partial charge in [0, 0.05) is 11.6 Å². The molecule has 1 unspecified atom stereocenters. The SMILES string of the molecule is CC(NC(=O)NCCCc1ccccc1)Oc1ccc(Cl)cc1. The number of ether oxygens (including phenoxy) is 1. The Balaban J connectivity index is 1.63. The zero-order chi connectivity index (χ0) is 16.5. The van der Waals surface area contributed by atoms with Gasteiger partial charge in [-0.2, -0.15) is 0 Å². The normalized spacial score (nSPS) is 11.6. The van der Waals surface area contributed by atoms with Crippen LogP contribution in [0.1, 0.15) is 18.9 Å². The molecule has 2 rings (SSSR count). The molecular weight excluding hydrogens is 312 g/mol. The second kappa shape index (κ2) is 9.06. The first kappa shape index (κ1) is 17.2. The Hall–Kier alpha value is -2.20. The summed E-state index contributed by atoms with van der Waals surface area (Å²) in [5, 5.41) is 6.21. The van der Waals surface area contributed by atoms with E-state index in [1.807, 2.05) is 18.2 Å². The van der Waals surface area contributed by atoms with Gasteiger partial charge in [0.1, 0.15) is 5.75 Å². The van der Waals surface area contributed by atoms with Gasteiger partial charge in [-0.05, 0) is 49.6 Å². The molecule has 4 nitrogen and oxygen atoms in total. The predicted molar refractivity (Wildman–Crippen MR) is 92.8 cm³/mol. The van der Waals surface area contributed by atoms with Crippen molar-refractivity contribution in [2.45, 2.75) is 26.0 Å². The molecule has 0 saturated carbocycles. The number of urea groups is 1. The van der Waals surface area contributed by atoms with Crippen molar-refractivity contribution in [3.8, 4) is 5.75 Å². The van der Waals surface area contributed by atoms with Crippen molar-refractivity contribution in [2.24, 2.45) is 0 Å². The maximum Gasteiger partial charge on any atom is 0.317 e. The number of halogens is 1. The fourth-order valence-electron chi connectivity index (χ4n) is 2.12. The number of carbonyl (C=O) groups is 1. The topological polar surface area (TPSA) is 50.4 Å². The lowest BCUT2D eigenvalue weighted by Crippen LogP contribution is -2.43. The maximum absolute atomic E-state index is 11.8. The van der Waals surface area contributed by atoms with Gasteiger partial charge in [0.25, 0.3) is 0 Å². The first-order valence-corrected chi connectivity index (χ1v) is 8.02. The lowest BCUT2D eigenvalue weighted by molar-refractivity contribution is 0.177. The summed E-state index contributed by atoms with van der Waals surface area (Å²) in [5.74, 6) is 0.659. The van der Waals surface area contributed by atoms with E-state index in [1.165, 1.54) is 5.56 Å². The van der Waals surface area contributed by atoms with Crippen LogP contribution in [0.15, 0.2) is 54.6 Å². The number of aryl methyl sites for hydroxylation is 1. The fourth-order valence-corrected chi connectivity index (χ4v) is 2.25. The summed E-state index contributed by atoms with van der Waals surface area (Å²) in [7, 11) is 0. The summed E-state index contributed by atoms with van der Waals surface area (Å²) < 4.78 is 5.59. The minimum absolute atomic E-state index is 0.237. The fraction of sp³-hybridized carbons (Fsp3) is 0.278. The highest BCUT2D eigenvalue weighted by Gasteiger charge is 2.07. The number of hydrogen-bond donors (Lipinski definition) is 2. The van der Waals surface area contributed by atoms with E-state index in [2.05, 4.69) is 22.8 Å². The molecule has 0 aromatic heterocycles. The Kier molecular flexibility index (Phi) is 6.76. The second-order valence-electron chi connectivity index (χ2n) is 5.20. The van der Waals surface area contributed by atoms with Crippen LogP contribution in [-0.2, 0) is 6.42 Å². The van der Waals surface area contributed by atoms with Gasteiger partial charge in [0.15, 0.2) is 6.23 Å². The van der Waals surface area contributed by atoms with Crippen LogP contribution < -0.4 is 15.4 Å². The summed E-state index contributed by atoms with van der Waals surface area (Å²) >= 11 is 5.81. The first-order chi connectivity index (χ1) is 11.1. The number of benzene rings is 2. The molecule has 23 heavy (non-hydrogen) atoms. The van der Waals surface area contributed by atoms with Crippen LogP contribution in [0, 0.1) is 0 Å². The molecule has 1 atom stereocenters. The van der Waals surface area contributed by atoms with Gasteiger partial charge in [-0.15, -0.1) is 0 Å². The minimum Gasteiger partial charge on any atom is -0.471 e. The molecule has 5 heteroatoms. The average Bonchev–Trinajstić information content (AvgIpc) is 2.55. The van der Waals surface area contributed by atoms with Crippen LogP contribution in [0.2, 0.25) is 5.02 Å². The standard InChI is InChI=1S/C18H21ClN2O2/c1-14(23-17-11-9-16(19)10-12-17)21-18(22)20-13-5-8-15-6-3-2-4-7-15/h2-4,6-7,9-12,14H,5,8,13H2,1H3,(H2,20,21,22). The van der Waals surface area contributed by atoms with Crippen LogP contribution >= 0.6 is 11.6 Å². The number of nitrogens with one attached hydrogen (secondary N) is 2. The molecule has 122 valence electrons. The highest BCUT2D eigenvalue weighted by atomic mass is 35.5. The number of amides is 2. The lowest BCUT2D eigenvalue weighted by Gasteiger charge is -2.16. The van der Waals surface area contributed by atoms with Crippen LogP contribution in [0.25, 0.3) is 0 Å². The Morgan fingerprint density at radius 2 is 1.83 bits per heavy atom. The second-order valence-corrected chi connectivity index (χ2v) is 5.64. The first-order valence-electron chi connectivity index (χ1n) is 7.64. The van der Waals surface area contributed by atoms with Gasteiger partial charge in [-0.3, -0.25) is 0 Å². The quantitative estimate of drug-likeness (QED) is 0.595. The molecule has 0 spiro atoms. The van der Waals surface area contributed by atoms with Gasteiger partial charge in [-0.25, -0.2) is 4.79 Å². The van der Waals surface area contributed by atoms with Gasteiger partial charge in [0.05, 0.1) is 0 Å². The summed E-state index contributed by atoms with van der Waals surface area (Å²) in [6.07, 6.45) is 1.41. The van der Waals surface area contributed by atoms with Gasteiger partial charge in [-0.1, -0.05) is 41.9 Å². The van der Waals surface area contributed by atoms with Crippen molar-refractivity contribution in [2.75, 3.05) is 6.54 Å². The molecule has 0 radical (unpaired) electrons. The zero-order valence-electron chi connectivity index (χ0n) is 13.1. The van der Waals surface area contributed by atoms with E-state index in [0.717, 1.165) is 12.8 Å². The van der Waals surface area contributed by atoms with Gasteiger partial charge in [0.2, 0.25) is 0 Å². The molecule has 0 aliphatic carbocycles. The lowest BCUT2D eigenvalue weighted by atomic mass is 10.1. The molecule has 2 aromatic carbocycles. The van der Waals surface area contributed by atoms with Crippen LogP contribution in [0.4, 0.5) is 4.79 Å². The van der Waals surface area contributed by atoms with E-state index < -0.39 is 6.23 Å². The summed E-state index contributed by atoms with van der Waals surface area (Å²) in [6.45, 7) is 2.40. The molecule has 2 amide bonds. The van der Waals surface area contributed by atoms with Crippen LogP contribution in [0.3, 0.4) is 0 Å². The highest BCUT2D eigenvalue weighted by molar-refractivity contribution is 6.30. The molecule has 0 aliphatic rings. The summed E-state index contributed by atoms with van der Waals surface area (Å²) in [6, 6.07) is 17.0. The average molecular weight is 333 g/mol. The third-order valence-electron chi connectivity index (χ3n) is 3.23. The van der Waals surface area contributed by atoms with Crippen LogP contribution in [-0.4, -0.2) is 18.8 Å². The Morgan fingerprint density at radius 3 is 2.52 bits per heavy atom. The van der Waals surface area contributed by atoms with E-state index >= 15 is 0 Å². The van der Waals surface area contributed by atoms with E-state index in [9.17, 15) is 4.79 Å². The number of hydrogen-bond acceptors (Lipinski definition) is 2. The number of carbonyl (C=O) groups excluding carboxylic acids is 1. The van der Waals surface area contributed by atoms with Crippen molar-refractivity contribution < 1.29 is 9.53 Å². The molecule has 2 aromatic rings.